The van der Waals surface area contributed by atoms with Crippen LogP contribution in [0.5, 0.6) is 0 Å². The molecule has 0 aromatic rings. The van der Waals surface area contributed by atoms with Crippen LogP contribution in [0.4, 0.5) is 0 Å². The SMILES string of the molecule is CC12COP(=[Se])(OC1)OC2. The summed E-state index contributed by atoms with van der Waals surface area (Å²) in [7, 11) is 0. The second-order valence-corrected chi connectivity index (χ2v) is 7.56. The molecule has 0 aromatic heterocycles. The summed E-state index contributed by atoms with van der Waals surface area (Å²) < 4.78 is 16.1. The fraction of sp³-hybridized carbons (Fsp3) is 1.00. The van der Waals surface area contributed by atoms with E-state index >= 15 is 0 Å². The number of fused-ring (bicyclic) bond motifs is 3. The van der Waals surface area contributed by atoms with Gasteiger partial charge in [0.1, 0.15) is 0 Å². The van der Waals surface area contributed by atoms with Crippen molar-refractivity contribution in [2.45, 2.75) is 6.92 Å². The summed E-state index contributed by atoms with van der Waals surface area (Å²) in [6.07, 6.45) is -1.95. The van der Waals surface area contributed by atoms with Gasteiger partial charge in [0.05, 0.1) is 0 Å². The minimum atomic E-state index is -1.95. The molecule has 3 rings (SSSR count). The minimum absolute atomic E-state index is 0.103. The van der Waals surface area contributed by atoms with Crippen molar-refractivity contribution in [2.75, 3.05) is 19.8 Å². The Morgan fingerprint density at radius 1 is 1.20 bits per heavy atom. The molecular weight excluding hydrogens is 218 g/mol. The maximum atomic E-state index is 5.38. The predicted molar refractivity (Wildman–Crippen MR) is 38.6 cm³/mol. The molecule has 3 fully saturated rings. The first kappa shape index (κ1) is 7.48. The van der Waals surface area contributed by atoms with Crippen LogP contribution in [-0.2, 0) is 13.6 Å². The van der Waals surface area contributed by atoms with E-state index in [9.17, 15) is 0 Å². The Kier molecular flexibility index (Phi) is 1.62. The van der Waals surface area contributed by atoms with Crippen LogP contribution in [-0.4, -0.2) is 34.9 Å². The summed E-state index contributed by atoms with van der Waals surface area (Å²) >= 11 is 2.84. The molecule has 0 unspecified atom stereocenters. The maximum absolute atomic E-state index is 5.38. The zero-order chi connectivity index (χ0) is 7.24. The van der Waals surface area contributed by atoms with Crippen molar-refractivity contribution >= 4 is 21.3 Å². The first-order valence-electron chi connectivity index (χ1n) is 3.16. The van der Waals surface area contributed by atoms with Crippen LogP contribution < -0.4 is 0 Å². The Balaban J connectivity index is 2.24. The van der Waals surface area contributed by atoms with Crippen LogP contribution >= 0.6 is 6.19 Å². The quantitative estimate of drug-likeness (QED) is 0.455. The zero-order valence-corrected chi connectivity index (χ0v) is 8.31. The van der Waals surface area contributed by atoms with Gasteiger partial charge in [0.15, 0.2) is 0 Å². The Morgan fingerprint density at radius 3 is 1.90 bits per heavy atom. The monoisotopic (exact) mass is 228 g/mol. The van der Waals surface area contributed by atoms with E-state index in [1.54, 1.807) is 0 Å². The van der Waals surface area contributed by atoms with Gasteiger partial charge in [0, 0.05) is 0 Å². The van der Waals surface area contributed by atoms with Gasteiger partial charge in [-0.15, -0.1) is 0 Å². The van der Waals surface area contributed by atoms with Gasteiger partial charge in [-0.25, -0.2) is 0 Å². The van der Waals surface area contributed by atoms with Crippen molar-refractivity contribution in [3.8, 4) is 0 Å². The molecule has 0 amide bonds. The third-order valence-electron chi connectivity index (χ3n) is 1.71. The van der Waals surface area contributed by atoms with E-state index in [0.717, 1.165) is 19.8 Å². The van der Waals surface area contributed by atoms with Crippen LogP contribution in [0.3, 0.4) is 0 Å². The summed E-state index contributed by atoms with van der Waals surface area (Å²) in [6, 6.07) is 0. The predicted octanol–water partition coefficient (Wildman–Crippen LogP) is 0.916. The molecule has 3 aliphatic heterocycles. The normalized spacial score (nSPS) is 53.3. The first-order chi connectivity index (χ1) is 4.62. The van der Waals surface area contributed by atoms with Crippen LogP contribution in [0.2, 0.25) is 0 Å². The van der Waals surface area contributed by atoms with E-state index in [2.05, 4.69) is 22.0 Å². The molecule has 2 bridgehead atoms. The molecule has 0 radical (unpaired) electrons. The molecule has 3 nitrogen and oxygen atoms in total. The van der Waals surface area contributed by atoms with Crippen molar-refractivity contribution in [1.29, 1.82) is 0 Å². The summed E-state index contributed by atoms with van der Waals surface area (Å²) in [6.45, 7) is 4.42. The molecule has 58 valence electrons. The van der Waals surface area contributed by atoms with Crippen molar-refractivity contribution < 1.29 is 13.6 Å². The molecule has 3 saturated heterocycles. The van der Waals surface area contributed by atoms with Crippen molar-refractivity contribution in [1.82, 2.24) is 0 Å². The van der Waals surface area contributed by atoms with E-state index in [1.807, 2.05) is 0 Å². The average Bonchev–Trinajstić information content (AvgIpc) is 1.93. The summed E-state index contributed by atoms with van der Waals surface area (Å²) in [4.78, 5) is 0. The Bertz CT molecular complexity index is 174. The molecule has 3 heterocycles. The fourth-order valence-electron chi connectivity index (χ4n) is 0.941. The summed E-state index contributed by atoms with van der Waals surface area (Å²) in [5.41, 5.74) is 0.103. The Morgan fingerprint density at radius 2 is 1.60 bits per heavy atom. The van der Waals surface area contributed by atoms with Gasteiger partial charge in [-0.3, -0.25) is 0 Å². The Hall–Kier alpha value is 0.829. The molecule has 3 aliphatic rings. The fourth-order valence-corrected chi connectivity index (χ4v) is 3.57. The van der Waals surface area contributed by atoms with E-state index in [4.69, 9.17) is 13.6 Å². The van der Waals surface area contributed by atoms with E-state index in [0.29, 0.717) is 0 Å². The summed E-state index contributed by atoms with van der Waals surface area (Å²) in [5, 5.41) is 0. The van der Waals surface area contributed by atoms with Crippen LogP contribution in [0.15, 0.2) is 0 Å². The van der Waals surface area contributed by atoms with Gasteiger partial charge in [-0.2, -0.15) is 0 Å². The average molecular weight is 227 g/mol. The molecule has 0 spiro atoms. The number of rotatable bonds is 0. The van der Waals surface area contributed by atoms with Gasteiger partial charge < -0.3 is 0 Å². The van der Waals surface area contributed by atoms with Crippen molar-refractivity contribution in [2.24, 2.45) is 5.41 Å². The van der Waals surface area contributed by atoms with E-state index in [1.165, 1.54) is 0 Å². The van der Waals surface area contributed by atoms with Crippen molar-refractivity contribution in [3.63, 3.8) is 0 Å². The van der Waals surface area contributed by atoms with E-state index < -0.39 is 6.19 Å². The van der Waals surface area contributed by atoms with Crippen LogP contribution in [0.1, 0.15) is 6.92 Å². The molecule has 0 saturated carbocycles. The van der Waals surface area contributed by atoms with Gasteiger partial charge in [-0.1, -0.05) is 0 Å². The third-order valence-corrected chi connectivity index (χ3v) is 5.04. The molecule has 0 N–H and O–H groups in total. The summed E-state index contributed by atoms with van der Waals surface area (Å²) in [5.74, 6) is 0. The van der Waals surface area contributed by atoms with Gasteiger partial charge in [-0.05, 0) is 0 Å². The first-order valence-corrected chi connectivity index (χ1v) is 6.92. The van der Waals surface area contributed by atoms with E-state index in [-0.39, 0.29) is 5.41 Å². The van der Waals surface area contributed by atoms with Gasteiger partial charge in [0.25, 0.3) is 0 Å². The number of hydrogen-bond donors (Lipinski definition) is 0. The molecule has 10 heavy (non-hydrogen) atoms. The van der Waals surface area contributed by atoms with Crippen molar-refractivity contribution in [3.05, 3.63) is 0 Å². The molecular formula is C5H9O3PSe. The Labute approximate surface area is 67.5 Å². The second-order valence-electron chi connectivity index (χ2n) is 3.08. The number of hydrogen-bond acceptors (Lipinski definition) is 3. The molecule has 0 aliphatic carbocycles. The van der Waals surface area contributed by atoms with Gasteiger partial charge in [0.2, 0.25) is 0 Å². The molecule has 5 heteroatoms. The van der Waals surface area contributed by atoms with Crippen LogP contribution in [0, 0.1) is 5.41 Å². The topological polar surface area (TPSA) is 27.7 Å². The standard InChI is InChI=1S/C5H9O3PSe/c1-5-2-6-9(10,7-3-5)8-4-5/h2-4H2,1H3. The second kappa shape index (κ2) is 2.16. The van der Waals surface area contributed by atoms with Crippen LogP contribution in [0.25, 0.3) is 0 Å². The third kappa shape index (κ3) is 1.14. The van der Waals surface area contributed by atoms with Gasteiger partial charge >= 0.3 is 67.0 Å². The zero-order valence-electron chi connectivity index (χ0n) is 5.70. The molecule has 0 atom stereocenters. The molecule has 0 aromatic carbocycles.